The molecule has 90 valence electrons. The van der Waals surface area contributed by atoms with E-state index in [1.807, 2.05) is 0 Å². The molecule has 1 rings (SSSR count). The molecule has 1 aliphatic rings. The van der Waals surface area contributed by atoms with Crippen LogP contribution in [0.4, 0.5) is 0 Å². The van der Waals surface area contributed by atoms with E-state index in [2.05, 4.69) is 30.8 Å². The highest BCUT2D eigenvalue weighted by Crippen LogP contribution is 2.22. The minimum Gasteiger partial charge on any atom is -0.392 e. The van der Waals surface area contributed by atoms with Crippen LogP contribution >= 0.6 is 0 Å². The fourth-order valence-corrected chi connectivity index (χ4v) is 2.46. The smallest absolute Gasteiger partial charge is 0.0682 e. The Morgan fingerprint density at radius 2 is 2.20 bits per heavy atom. The molecule has 1 aliphatic heterocycles. The molecule has 15 heavy (non-hydrogen) atoms. The molecule has 3 N–H and O–H groups in total. The third-order valence-corrected chi connectivity index (χ3v) is 3.16. The van der Waals surface area contributed by atoms with Gasteiger partial charge in [0, 0.05) is 25.2 Å². The summed E-state index contributed by atoms with van der Waals surface area (Å²) >= 11 is 0. The van der Waals surface area contributed by atoms with Crippen molar-refractivity contribution in [2.24, 2.45) is 5.73 Å². The van der Waals surface area contributed by atoms with Crippen LogP contribution < -0.4 is 5.73 Å². The maximum absolute atomic E-state index is 9.71. The van der Waals surface area contributed by atoms with Gasteiger partial charge in [-0.1, -0.05) is 0 Å². The third-order valence-electron chi connectivity index (χ3n) is 3.16. The standard InChI is InChI=1S/C11H25N3O/c1-9(4-5-12)14-8-11(15)6-10(14)7-13(2)3/h9-11,15H,4-8,12H2,1-3H3. The molecule has 1 fully saturated rings. The number of aliphatic hydroxyl groups excluding tert-OH is 1. The van der Waals surface area contributed by atoms with Gasteiger partial charge in [-0.25, -0.2) is 0 Å². The van der Waals surface area contributed by atoms with Gasteiger partial charge in [0.2, 0.25) is 0 Å². The van der Waals surface area contributed by atoms with Gasteiger partial charge >= 0.3 is 0 Å². The largest absolute Gasteiger partial charge is 0.392 e. The Bertz CT molecular complexity index is 187. The van der Waals surface area contributed by atoms with E-state index in [9.17, 15) is 5.11 Å². The van der Waals surface area contributed by atoms with Crippen LogP contribution in [0.15, 0.2) is 0 Å². The lowest BCUT2D eigenvalue weighted by atomic mass is 10.1. The Morgan fingerprint density at radius 3 is 2.73 bits per heavy atom. The quantitative estimate of drug-likeness (QED) is 0.662. The van der Waals surface area contributed by atoms with Crippen LogP contribution in [0.3, 0.4) is 0 Å². The number of nitrogens with two attached hydrogens (primary N) is 1. The van der Waals surface area contributed by atoms with E-state index in [-0.39, 0.29) is 6.10 Å². The monoisotopic (exact) mass is 215 g/mol. The molecule has 0 aliphatic carbocycles. The summed E-state index contributed by atoms with van der Waals surface area (Å²) in [6, 6.07) is 0.966. The molecular weight excluding hydrogens is 190 g/mol. The third kappa shape index (κ3) is 3.72. The van der Waals surface area contributed by atoms with Crippen LogP contribution in [-0.2, 0) is 0 Å². The van der Waals surface area contributed by atoms with Crippen molar-refractivity contribution < 1.29 is 5.11 Å². The zero-order chi connectivity index (χ0) is 11.4. The minimum atomic E-state index is -0.157. The average molecular weight is 215 g/mol. The molecule has 3 unspecified atom stereocenters. The topological polar surface area (TPSA) is 52.7 Å². The minimum absolute atomic E-state index is 0.157. The number of hydrogen-bond donors (Lipinski definition) is 2. The fraction of sp³-hybridized carbons (Fsp3) is 1.00. The number of hydrogen-bond acceptors (Lipinski definition) is 4. The lowest BCUT2D eigenvalue weighted by Crippen LogP contribution is -2.43. The number of likely N-dealkylation sites (tertiary alicyclic amines) is 1. The van der Waals surface area contributed by atoms with Gasteiger partial charge in [-0.15, -0.1) is 0 Å². The van der Waals surface area contributed by atoms with Crippen molar-refractivity contribution in [3.8, 4) is 0 Å². The summed E-state index contributed by atoms with van der Waals surface area (Å²) < 4.78 is 0. The van der Waals surface area contributed by atoms with Gasteiger partial charge in [0.25, 0.3) is 0 Å². The Kier molecular flexibility index (Phi) is 4.99. The first-order valence-corrected chi connectivity index (χ1v) is 5.83. The van der Waals surface area contributed by atoms with Gasteiger partial charge in [-0.2, -0.15) is 0 Å². The number of rotatable bonds is 5. The van der Waals surface area contributed by atoms with E-state index in [4.69, 9.17) is 5.73 Å². The molecule has 0 aromatic heterocycles. The summed E-state index contributed by atoms with van der Waals surface area (Å²) in [5.74, 6) is 0. The molecule has 0 aromatic carbocycles. The Morgan fingerprint density at radius 1 is 1.53 bits per heavy atom. The van der Waals surface area contributed by atoms with Crippen molar-refractivity contribution in [2.45, 2.75) is 38.0 Å². The first kappa shape index (κ1) is 12.9. The highest BCUT2D eigenvalue weighted by molar-refractivity contribution is 4.89. The molecule has 4 nitrogen and oxygen atoms in total. The van der Waals surface area contributed by atoms with E-state index in [0.29, 0.717) is 12.1 Å². The van der Waals surface area contributed by atoms with Crippen LogP contribution in [-0.4, -0.2) is 66.8 Å². The van der Waals surface area contributed by atoms with Crippen molar-refractivity contribution in [1.29, 1.82) is 0 Å². The molecule has 1 heterocycles. The van der Waals surface area contributed by atoms with E-state index in [0.717, 1.165) is 32.5 Å². The molecule has 0 saturated carbocycles. The highest BCUT2D eigenvalue weighted by Gasteiger charge is 2.33. The number of nitrogens with zero attached hydrogens (tertiary/aromatic N) is 2. The summed E-state index contributed by atoms with van der Waals surface area (Å²) in [6.45, 7) is 4.75. The van der Waals surface area contributed by atoms with Crippen molar-refractivity contribution in [2.75, 3.05) is 33.7 Å². The van der Waals surface area contributed by atoms with E-state index in [1.165, 1.54) is 0 Å². The predicted octanol–water partition coefficient (Wildman–Crippen LogP) is -0.279. The number of β-amino-alcohol motifs (C(OH)–C–C–N with tert-alkyl or cyclic N) is 1. The molecule has 0 aromatic rings. The number of likely N-dealkylation sites (N-methyl/N-ethyl adjacent to an activating group) is 1. The van der Waals surface area contributed by atoms with Gasteiger partial charge < -0.3 is 15.7 Å². The Labute approximate surface area is 93.0 Å². The zero-order valence-corrected chi connectivity index (χ0v) is 10.2. The maximum Gasteiger partial charge on any atom is 0.0682 e. The fourth-order valence-electron chi connectivity index (χ4n) is 2.46. The van der Waals surface area contributed by atoms with Crippen LogP contribution in [0.1, 0.15) is 19.8 Å². The van der Waals surface area contributed by atoms with Gasteiger partial charge in [-0.05, 0) is 40.4 Å². The zero-order valence-electron chi connectivity index (χ0n) is 10.2. The molecular formula is C11H25N3O. The molecule has 0 radical (unpaired) electrons. The summed E-state index contributed by atoms with van der Waals surface area (Å²) in [5, 5.41) is 9.71. The first-order valence-electron chi connectivity index (χ1n) is 5.83. The molecule has 0 bridgehead atoms. The van der Waals surface area contributed by atoms with Gasteiger partial charge in [0.05, 0.1) is 6.10 Å². The lowest BCUT2D eigenvalue weighted by Gasteiger charge is -2.31. The molecule has 0 spiro atoms. The van der Waals surface area contributed by atoms with Crippen molar-refractivity contribution >= 4 is 0 Å². The van der Waals surface area contributed by atoms with Crippen molar-refractivity contribution in [1.82, 2.24) is 9.80 Å². The maximum atomic E-state index is 9.71. The highest BCUT2D eigenvalue weighted by atomic mass is 16.3. The van der Waals surface area contributed by atoms with E-state index >= 15 is 0 Å². The average Bonchev–Trinajstić information content (AvgIpc) is 2.46. The summed E-state index contributed by atoms with van der Waals surface area (Å²) in [6.07, 6.45) is 1.75. The predicted molar refractivity (Wildman–Crippen MR) is 62.8 cm³/mol. The second-order valence-electron chi connectivity index (χ2n) is 4.93. The van der Waals surface area contributed by atoms with Crippen LogP contribution in [0.2, 0.25) is 0 Å². The normalized spacial score (nSPS) is 30.0. The van der Waals surface area contributed by atoms with Gasteiger partial charge in [0.1, 0.15) is 0 Å². The van der Waals surface area contributed by atoms with E-state index in [1.54, 1.807) is 0 Å². The number of aliphatic hydroxyl groups is 1. The van der Waals surface area contributed by atoms with Crippen molar-refractivity contribution in [3.05, 3.63) is 0 Å². The van der Waals surface area contributed by atoms with Crippen LogP contribution in [0.5, 0.6) is 0 Å². The van der Waals surface area contributed by atoms with Gasteiger partial charge in [0.15, 0.2) is 0 Å². The van der Waals surface area contributed by atoms with Crippen LogP contribution in [0.25, 0.3) is 0 Å². The van der Waals surface area contributed by atoms with Crippen LogP contribution in [0, 0.1) is 0 Å². The molecule has 4 heteroatoms. The summed E-state index contributed by atoms with van der Waals surface area (Å²) in [4.78, 5) is 4.59. The van der Waals surface area contributed by atoms with Crippen molar-refractivity contribution in [3.63, 3.8) is 0 Å². The Hall–Kier alpha value is -0.160. The Balaban J connectivity index is 2.51. The second kappa shape index (κ2) is 5.80. The lowest BCUT2D eigenvalue weighted by molar-refractivity contribution is 0.140. The SMILES string of the molecule is CC(CCN)N1CC(O)CC1CN(C)C. The molecule has 0 amide bonds. The second-order valence-corrected chi connectivity index (χ2v) is 4.93. The first-order chi connectivity index (χ1) is 7.04. The van der Waals surface area contributed by atoms with E-state index < -0.39 is 0 Å². The molecule has 1 saturated heterocycles. The summed E-state index contributed by atoms with van der Waals surface area (Å²) in [5.41, 5.74) is 5.58. The van der Waals surface area contributed by atoms with Gasteiger partial charge in [-0.3, -0.25) is 4.90 Å². The summed E-state index contributed by atoms with van der Waals surface area (Å²) in [7, 11) is 4.16. The molecule has 3 atom stereocenters.